The summed E-state index contributed by atoms with van der Waals surface area (Å²) in [5.74, 6) is 1.71. The maximum atomic E-state index is 12.5. The molecular formula is C25H34N2O4. The second kappa shape index (κ2) is 11.2. The molecule has 0 radical (unpaired) electrons. The number of benzene rings is 2. The number of amides is 1. The van der Waals surface area contributed by atoms with Crippen molar-refractivity contribution in [3.63, 3.8) is 0 Å². The number of hydrogen-bond acceptors (Lipinski definition) is 5. The summed E-state index contributed by atoms with van der Waals surface area (Å²) in [6, 6.07) is 15.8. The minimum absolute atomic E-state index is 0.0386. The molecule has 0 bridgehead atoms. The van der Waals surface area contributed by atoms with Gasteiger partial charge in [0.15, 0.2) is 0 Å². The zero-order chi connectivity index (χ0) is 22.1. The van der Waals surface area contributed by atoms with E-state index in [1.807, 2.05) is 48.5 Å². The van der Waals surface area contributed by atoms with Crippen LogP contribution in [0.1, 0.15) is 30.4 Å². The molecule has 1 atom stereocenters. The van der Waals surface area contributed by atoms with Gasteiger partial charge >= 0.3 is 0 Å². The summed E-state index contributed by atoms with van der Waals surface area (Å²) >= 11 is 0. The molecule has 31 heavy (non-hydrogen) atoms. The summed E-state index contributed by atoms with van der Waals surface area (Å²) in [4.78, 5) is 14.7. The van der Waals surface area contributed by atoms with Gasteiger partial charge in [-0.25, -0.2) is 0 Å². The second-order valence-corrected chi connectivity index (χ2v) is 8.24. The molecule has 0 spiro atoms. The van der Waals surface area contributed by atoms with Gasteiger partial charge in [0.1, 0.15) is 23.7 Å². The Hall–Kier alpha value is -2.57. The first kappa shape index (κ1) is 23.1. The Bertz CT molecular complexity index is 822. The lowest BCUT2D eigenvalue weighted by Crippen LogP contribution is -2.41. The number of carbonyl (C=O) groups is 1. The van der Waals surface area contributed by atoms with Crippen LogP contribution in [0.15, 0.2) is 48.5 Å². The van der Waals surface area contributed by atoms with E-state index in [1.165, 1.54) is 5.56 Å². The van der Waals surface area contributed by atoms with Crippen LogP contribution < -0.4 is 14.8 Å². The molecule has 2 aromatic carbocycles. The van der Waals surface area contributed by atoms with Crippen LogP contribution >= 0.6 is 0 Å². The topological polar surface area (TPSA) is 60.0 Å². The van der Waals surface area contributed by atoms with Gasteiger partial charge in [-0.1, -0.05) is 29.8 Å². The first-order valence-electron chi connectivity index (χ1n) is 10.9. The Balaban J connectivity index is 1.46. The summed E-state index contributed by atoms with van der Waals surface area (Å²) in [5.41, 5.74) is 1.94. The van der Waals surface area contributed by atoms with E-state index in [2.05, 4.69) is 17.1 Å². The van der Waals surface area contributed by atoms with Gasteiger partial charge in [-0.15, -0.1) is 0 Å². The van der Waals surface area contributed by atoms with Crippen LogP contribution in [0.5, 0.6) is 11.5 Å². The summed E-state index contributed by atoms with van der Waals surface area (Å²) in [6.07, 6.45) is 2.72. The van der Waals surface area contributed by atoms with Crippen molar-refractivity contribution in [2.75, 3.05) is 40.5 Å². The van der Waals surface area contributed by atoms with Gasteiger partial charge in [-0.2, -0.15) is 0 Å². The maximum absolute atomic E-state index is 12.5. The van der Waals surface area contributed by atoms with Crippen molar-refractivity contribution < 1.29 is 19.0 Å². The minimum atomic E-state index is -0.320. The Morgan fingerprint density at radius 2 is 1.71 bits per heavy atom. The molecule has 3 rings (SSSR count). The van der Waals surface area contributed by atoms with Gasteiger partial charge in [0, 0.05) is 20.2 Å². The first-order valence-corrected chi connectivity index (χ1v) is 10.9. The second-order valence-electron chi connectivity index (χ2n) is 8.24. The zero-order valence-corrected chi connectivity index (χ0v) is 18.9. The van der Waals surface area contributed by atoms with E-state index in [0.29, 0.717) is 19.7 Å². The third-order valence-electron chi connectivity index (χ3n) is 5.96. The molecule has 1 N–H and O–H groups in total. The number of nitrogens with one attached hydrogen (secondary N) is 1. The molecule has 1 heterocycles. The average Bonchev–Trinajstić information content (AvgIpc) is 3.00. The summed E-state index contributed by atoms with van der Waals surface area (Å²) in [7, 11) is 3.40. The van der Waals surface area contributed by atoms with Crippen molar-refractivity contribution in [1.29, 1.82) is 0 Å². The summed E-state index contributed by atoms with van der Waals surface area (Å²) < 4.78 is 17.1. The van der Waals surface area contributed by atoms with Crippen molar-refractivity contribution in [1.82, 2.24) is 10.2 Å². The lowest BCUT2D eigenvalue weighted by atomic mass is 9.95. The van der Waals surface area contributed by atoms with Crippen LogP contribution in [0.3, 0.4) is 0 Å². The molecular weight excluding hydrogens is 392 g/mol. The zero-order valence-electron chi connectivity index (χ0n) is 18.9. The van der Waals surface area contributed by atoms with Gasteiger partial charge in [0.25, 0.3) is 0 Å². The van der Waals surface area contributed by atoms with Gasteiger partial charge in [0.2, 0.25) is 5.91 Å². The highest BCUT2D eigenvalue weighted by atomic mass is 16.5. The molecule has 6 nitrogen and oxygen atoms in total. The van der Waals surface area contributed by atoms with E-state index < -0.39 is 0 Å². The number of nitrogens with zero attached hydrogens (tertiary/aromatic N) is 1. The molecule has 6 heteroatoms. The van der Waals surface area contributed by atoms with Gasteiger partial charge in [-0.3, -0.25) is 9.69 Å². The molecule has 1 unspecified atom stereocenters. The summed E-state index contributed by atoms with van der Waals surface area (Å²) in [5, 5.41) is 3.01. The predicted octanol–water partition coefficient (Wildman–Crippen LogP) is 3.57. The number of aryl methyl sites for hydroxylation is 1. The molecule has 2 aromatic rings. The third-order valence-corrected chi connectivity index (χ3v) is 5.96. The number of methoxy groups -OCH3 is 2. The molecule has 0 aromatic heterocycles. The minimum Gasteiger partial charge on any atom is -0.497 e. The van der Waals surface area contributed by atoms with Gasteiger partial charge < -0.3 is 19.5 Å². The highest BCUT2D eigenvalue weighted by molar-refractivity contribution is 5.78. The van der Waals surface area contributed by atoms with Crippen molar-refractivity contribution in [3.8, 4) is 11.5 Å². The lowest BCUT2D eigenvalue weighted by Gasteiger charge is -2.31. The van der Waals surface area contributed by atoms with E-state index in [4.69, 9.17) is 14.2 Å². The number of likely N-dealkylation sites (tertiary alicyclic amines) is 1. The maximum Gasteiger partial charge on any atom is 0.234 e. The van der Waals surface area contributed by atoms with Crippen LogP contribution in [0.4, 0.5) is 0 Å². The number of rotatable bonds is 9. The predicted molar refractivity (Wildman–Crippen MR) is 122 cm³/mol. The quantitative estimate of drug-likeness (QED) is 0.664. The summed E-state index contributed by atoms with van der Waals surface area (Å²) in [6.45, 7) is 5.18. The normalized spacial score (nSPS) is 19.5. The Morgan fingerprint density at radius 3 is 2.39 bits per heavy atom. The van der Waals surface area contributed by atoms with Crippen molar-refractivity contribution in [3.05, 3.63) is 59.7 Å². The third kappa shape index (κ3) is 6.97. The number of ether oxygens (including phenoxy) is 3. The van der Waals surface area contributed by atoms with E-state index in [9.17, 15) is 4.79 Å². The fourth-order valence-corrected chi connectivity index (χ4v) is 3.84. The fraction of sp³-hybridized carbons (Fsp3) is 0.480. The molecule has 0 saturated carbocycles. The lowest BCUT2D eigenvalue weighted by molar-refractivity contribution is -0.122. The highest BCUT2D eigenvalue weighted by Crippen LogP contribution is 2.27. The van der Waals surface area contributed by atoms with E-state index in [0.717, 1.165) is 49.4 Å². The van der Waals surface area contributed by atoms with Crippen LogP contribution in [0.2, 0.25) is 0 Å². The standard InChI is InChI=1S/C25H34N2O4/c1-20-5-9-23(10-6-20)31-19-25(30-3)13-4-15-27(16-14-25)18-24(28)26-17-21-7-11-22(29-2)12-8-21/h5-12H,4,13-19H2,1-3H3,(H,26,28). The SMILES string of the molecule is COc1ccc(CNC(=O)CN2CCCC(COc3ccc(C)cc3)(OC)CC2)cc1. The fourth-order valence-electron chi connectivity index (χ4n) is 3.84. The highest BCUT2D eigenvalue weighted by Gasteiger charge is 2.34. The Morgan fingerprint density at radius 1 is 1.00 bits per heavy atom. The van der Waals surface area contributed by atoms with Gasteiger partial charge in [-0.05, 0) is 62.6 Å². The van der Waals surface area contributed by atoms with Crippen LogP contribution in [0, 0.1) is 6.92 Å². The molecule has 0 aliphatic carbocycles. The van der Waals surface area contributed by atoms with E-state index in [1.54, 1.807) is 14.2 Å². The first-order chi connectivity index (χ1) is 15.0. The van der Waals surface area contributed by atoms with Crippen LogP contribution in [0.25, 0.3) is 0 Å². The molecule has 1 aliphatic rings. The number of carbonyl (C=O) groups excluding carboxylic acids is 1. The van der Waals surface area contributed by atoms with E-state index in [-0.39, 0.29) is 11.5 Å². The van der Waals surface area contributed by atoms with Crippen LogP contribution in [-0.2, 0) is 16.1 Å². The molecule has 1 amide bonds. The molecule has 1 fully saturated rings. The van der Waals surface area contributed by atoms with Crippen molar-refractivity contribution in [2.45, 2.75) is 38.3 Å². The smallest absolute Gasteiger partial charge is 0.234 e. The molecule has 1 aliphatic heterocycles. The largest absolute Gasteiger partial charge is 0.497 e. The van der Waals surface area contributed by atoms with Crippen molar-refractivity contribution in [2.24, 2.45) is 0 Å². The van der Waals surface area contributed by atoms with Gasteiger partial charge in [0.05, 0.1) is 13.7 Å². The Kier molecular flexibility index (Phi) is 8.32. The van der Waals surface area contributed by atoms with Crippen molar-refractivity contribution >= 4 is 5.91 Å². The molecule has 1 saturated heterocycles. The average molecular weight is 427 g/mol. The van der Waals surface area contributed by atoms with E-state index >= 15 is 0 Å². The van der Waals surface area contributed by atoms with Crippen LogP contribution in [-0.4, -0.2) is 56.9 Å². The molecule has 168 valence electrons. The monoisotopic (exact) mass is 426 g/mol. The Labute approximate surface area is 185 Å². The number of hydrogen-bond donors (Lipinski definition) is 1.